The Balaban J connectivity index is 1.59. The number of amides is 1. The van der Waals surface area contributed by atoms with Crippen LogP contribution in [0.4, 0.5) is 19.1 Å². The Morgan fingerprint density at radius 1 is 1.17 bits per heavy atom. The fourth-order valence-corrected chi connectivity index (χ4v) is 2.01. The van der Waals surface area contributed by atoms with Gasteiger partial charge < -0.3 is 4.74 Å². The second kappa shape index (κ2) is 6.19. The van der Waals surface area contributed by atoms with E-state index in [-0.39, 0.29) is 6.61 Å². The molecule has 1 aromatic heterocycles. The van der Waals surface area contributed by atoms with E-state index in [1.54, 1.807) is 17.2 Å². The van der Waals surface area contributed by atoms with Crippen molar-refractivity contribution in [2.45, 2.75) is 6.18 Å². The normalized spacial score (nSPS) is 11.5. The van der Waals surface area contributed by atoms with Gasteiger partial charge in [-0.25, -0.2) is 0 Å². The molecule has 6 nitrogen and oxygen atoms in total. The van der Waals surface area contributed by atoms with Crippen LogP contribution in [-0.4, -0.2) is 27.7 Å². The predicted molar refractivity (Wildman–Crippen MR) is 79.5 cm³/mol. The molecule has 9 heteroatoms. The van der Waals surface area contributed by atoms with E-state index < -0.39 is 23.9 Å². The number of aromatic amines is 1. The monoisotopic (exact) mass is 336 g/mol. The molecule has 0 radical (unpaired) electrons. The van der Waals surface area contributed by atoms with Gasteiger partial charge in [-0.15, -0.1) is 5.10 Å². The number of H-pyrrole nitrogens is 1. The second-order valence-corrected chi connectivity index (χ2v) is 4.85. The molecule has 0 spiro atoms. The van der Waals surface area contributed by atoms with Gasteiger partial charge in [0, 0.05) is 0 Å². The highest BCUT2D eigenvalue weighted by atomic mass is 19.4. The summed E-state index contributed by atoms with van der Waals surface area (Å²) >= 11 is 0. The highest BCUT2D eigenvalue weighted by Gasteiger charge is 2.35. The zero-order valence-electron chi connectivity index (χ0n) is 12.1. The van der Waals surface area contributed by atoms with Crippen molar-refractivity contribution in [2.75, 3.05) is 11.9 Å². The van der Waals surface area contributed by atoms with Crippen LogP contribution in [0.15, 0.2) is 42.5 Å². The molecule has 3 aromatic rings. The van der Waals surface area contributed by atoms with Gasteiger partial charge in [0.05, 0.1) is 0 Å². The number of ether oxygens (including phenoxy) is 1. The summed E-state index contributed by atoms with van der Waals surface area (Å²) in [6, 6.07) is 12.9. The number of aromatic nitrogens is 3. The molecule has 0 unspecified atom stereocenters. The first-order valence-corrected chi connectivity index (χ1v) is 6.83. The average Bonchev–Trinajstić information content (AvgIpc) is 3.01. The van der Waals surface area contributed by atoms with Crippen LogP contribution in [0.5, 0.6) is 5.75 Å². The van der Waals surface area contributed by atoms with Crippen LogP contribution < -0.4 is 10.1 Å². The highest BCUT2D eigenvalue weighted by Crippen LogP contribution is 2.26. The van der Waals surface area contributed by atoms with E-state index in [1.807, 2.05) is 30.3 Å². The quantitative estimate of drug-likeness (QED) is 0.767. The summed E-state index contributed by atoms with van der Waals surface area (Å²) in [7, 11) is 0. The first-order valence-electron chi connectivity index (χ1n) is 6.83. The summed E-state index contributed by atoms with van der Waals surface area (Å²) in [5, 5.41) is 9.07. The van der Waals surface area contributed by atoms with E-state index in [4.69, 9.17) is 4.74 Å². The lowest BCUT2D eigenvalue weighted by atomic mass is 10.1. The molecule has 0 fully saturated rings. The minimum atomic E-state index is -4.66. The molecule has 1 amide bonds. The summed E-state index contributed by atoms with van der Waals surface area (Å²) in [4.78, 5) is 14.8. The second-order valence-electron chi connectivity index (χ2n) is 4.85. The van der Waals surface area contributed by atoms with Crippen LogP contribution in [0, 0.1) is 0 Å². The van der Waals surface area contributed by atoms with Gasteiger partial charge in [-0.2, -0.15) is 18.2 Å². The van der Waals surface area contributed by atoms with Gasteiger partial charge in [-0.3, -0.25) is 15.2 Å². The van der Waals surface area contributed by atoms with Crippen LogP contribution >= 0.6 is 0 Å². The van der Waals surface area contributed by atoms with E-state index >= 15 is 0 Å². The van der Waals surface area contributed by atoms with Gasteiger partial charge in [-0.1, -0.05) is 30.3 Å². The molecule has 0 aliphatic rings. The lowest BCUT2D eigenvalue weighted by Crippen LogP contribution is -2.21. The zero-order valence-corrected chi connectivity index (χ0v) is 12.1. The van der Waals surface area contributed by atoms with E-state index in [9.17, 15) is 18.0 Å². The van der Waals surface area contributed by atoms with Gasteiger partial charge in [-0.05, 0) is 22.9 Å². The first kappa shape index (κ1) is 15.8. The molecule has 0 saturated carbocycles. The number of hydrogen-bond acceptors (Lipinski definition) is 4. The van der Waals surface area contributed by atoms with Gasteiger partial charge in [0.25, 0.3) is 5.91 Å². The summed E-state index contributed by atoms with van der Waals surface area (Å²) in [5.74, 6) is -1.95. The largest absolute Gasteiger partial charge is 0.484 e. The van der Waals surface area contributed by atoms with Crippen molar-refractivity contribution in [3.05, 3.63) is 48.3 Å². The van der Waals surface area contributed by atoms with E-state index in [0.29, 0.717) is 5.75 Å². The average molecular weight is 336 g/mol. The van der Waals surface area contributed by atoms with Gasteiger partial charge in [0.1, 0.15) is 5.75 Å². The first-order chi connectivity index (χ1) is 11.4. The number of fused-ring (bicyclic) bond motifs is 1. The molecule has 1 heterocycles. The van der Waals surface area contributed by atoms with Crippen LogP contribution in [0.25, 0.3) is 10.8 Å². The number of rotatable bonds is 4. The third-order valence-corrected chi connectivity index (χ3v) is 3.10. The molecule has 3 rings (SSSR count). The lowest BCUT2D eigenvalue weighted by molar-refractivity contribution is -0.144. The van der Waals surface area contributed by atoms with Crippen LogP contribution in [-0.2, 0) is 11.0 Å². The zero-order chi connectivity index (χ0) is 17.2. The molecule has 0 atom stereocenters. The van der Waals surface area contributed by atoms with Crippen molar-refractivity contribution in [3.63, 3.8) is 0 Å². The Kier molecular flexibility index (Phi) is 4.07. The van der Waals surface area contributed by atoms with Gasteiger partial charge in [0.15, 0.2) is 6.61 Å². The molecular weight excluding hydrogens is 325 g/mol. The van der Waals surface area contributed by atoms with E-state index in [0.717, 1.165) is 10.8 Å². The number of halogens is 3. The van der Waals surface area contributed by atoms with Gasteiger partial charge in [0.2, 0.25) is 11.8 Å². The van der Waals surface area contributed by atoms with Crippen molar-refractivity contribution >= 4 is 22.6 Å². The van der Waals surface area contributed by atoms with Crippen molar-refractivity contribution < 1.29 is 22.7 Å². The fourth-order valence-electron chi connectivity index (χ4n) is 2.01. The Bertz CT molecular complexity index is 876. The maximum atomic E-state index is 12.4. The Labute approximate surface area is 133 Å². The predicted octanol–water partition coefficient (Wildman–Crippen LogP) is 2.99. The smallest absolute Gasteiger partial charge is 0.451 e. The molecule has 0 aliphatic carbocycles. The molecule has 0 aliphatic heterocycles. The Morgan fingerprint density at radius 3 is 2.62 bits per heavy atom. The summed E-state index contributed by atoms with van der Waals surface area (Å²) in [6.45, 7) is -0.381. The van der Waals surface area contributed by atoms with Crippen LogP contribution in [0.2, 0.25) is 0 Å². The summed E-state index contributed by atoms with van der Waals surface area (Å²) in [5.41, 5.74) is 0. The molecule has 124 valence electrons. The third kappa shape index (κ3) is 3.62. The molecule has 0 saturated heterocycles. The molecule has 24 heavy (non-hydrogen) atoms. The van der Waals surface area contributed by atoms with Crippen molar-refractivity contribution in [1.82, 2.24) is 15.2 Å². The van der Waals surface area contributed by atoms with Crippen molar-refractivity contribution in [3.8, 4) is 5.75 Å². The van der Waals surface area contributed by atoms with Crippen molar-refractivity contribution in [2.24, 2.45) is 0 Å². The third-order valence-electron chi connectivity index (χ3n) is 3.10. The van der Waals surface area contributed by atoms with Crippen molar-refractivity contribution in [1.29, 1.82) is 0 Å². The lowest BCUT2D eigenvalue weighted by Gasteiger charge is -2.06. The number of nitrogens with one attached hydrogen (secondary N) is 2. The Hall–Kier alpha value is -3.10. The molecule has 2 aromatic carbocycles. The Morgan fingerprint density at radius 2 is 1.92 bits per heavy atom. The highest BCUT2D eigenvalue weighted by molar-refractivity contribution is 5.90. The molecule has 2 N–H and O–H groups in total. The number of anilines is 1. The van der Waals surface area contributed by atoms with E-state index in [1.165, 1.54) is 0 Å². The summed E-state index contributed by atoms with van der Waals surface area (Å²) in [6.07, 6.45) is -4.66. The topological polar surface area (TPSA) is 79.9 Å². The number of carbonyl (C=O) groups excluding carboxylic acids is 1. The minimum absolute atomic E-state index is 0.381. The number of carbonyl (C=O) groups is 1. The maximum Gasteiger partial charge on any atom is 0.451 e. The van der Waals surface area contributed by atoms with Crippen LogP contribution in [0.1, 0.15) is 5.82 Å². The fraction of sp³-hybridized carbons (Fsp3) is 0.133. The number of benzene rings is 2. The van der Waals surface area contributed by atoms with E-state index in [2.05, 4.69) is 15.4 Å². The number of hydrogen-bond donors (Lipinski definition) is 2. The number of nitrogens with zero attached hydrogens (tertiary/aromatic N) is 2. The number of alkyl halides is 3. The minimum Gasteiger partial charge on any atom is -0.484 e. The van der Waals surface area contributed by atoms with Crippen LogP contribution in [0.3, 0.4) is 0 Å². The molecular formula is C15H11F3N4O2. The SMILES string of the molecule is O=C(COc1ccc2ccccc2c1)Nc1n[nH]c(C(F)(F)F)n1. The summed E-state index contributed by atoms with van der Waals surface area (Å²) < 4.78 is 42.4. The van der Waals surface area contributed by atoms with Gasteiger partial charge >= 0.3 is 6.18 Å². The molecule has 0 bridgehead atoms. The standard InChI is InChI=1S/C15H11F3N4O2/c16-15(17,18)13-20-14(22-21-13)19-12(23)8-24-11-6-5-9-3-1-2-4-10(9)7-11/h1-7H,8H2,(H2,19,20,21,22,23). The maximum absolute atomic E-state index is 12.4.